The van der Waals surface area contributed by atoms with Gasteiger partial charge in [0, 0.05) is 12.6 Å². The molecule has 0 aromatic heterocycles. The lowest BCUT2D eigenvalue weighted by Crippen LogP contribution is -2.12. The van der Waals surface area contributed by atoms with Crippen molar-refractivity contribution >= 4 is 10.8 Å². The van der Waals surface area contributed by atoms with Crippen LogP contribution in [-0.4, -0.2) is 12.7 Å². The van der Waals surface area contributed by atoms with E-state index in [2.05, 4.69) is 42.5 Å². The third kappa shape index (κ3) is 3.20. The van der Waals surface area contributed by atoms with Gasteiger partial charge in [-0.3, -0.25) is 0 Å². The highest BCUT2D eigenvalue weighted by molar-refractivity contribution is 5.83. The summed E-state index contributed by atoms with van der Waals surface area (Å²) in [5, 5.41) is 2.56. The zero-order chi connectivity index (χ0) is 13.8. The SMILES string of the molecule is NC(CCCC1CCCO1)c1ccc2ccccc2c1. The van der Waals surface area contributed by atoms with Crippen molar-refractivity contribution < 1.29 is 4.74 Å². The van der Waals surface area contributed by atoms with Crippen molar-refractivity contribution in [3.63, 3.8) is 0 Å². The van der Waals surface area contributed by atoms with Crippen LogP contribution in [0.4, 0.5) is 0 Å². The first kappa shape index (κ1) is 13.6. The number of rotatable bonds is 5. The zero-order valence-corrected chi connectivity index (χ0v) is 11.9. The predicted octanol–water partition coefficient (Wildman–Crippen LogP) is 4.19. The minimum atomic E-state index is 0.140. The summed E-state index contributed by atoms with van der Waals surface area (Å²) in [4.78, 5) is 0. The maximum atomic E-state index is 6.33. The lowest BCUT2D eigenvalue weighted by atomic mass is 9.97. The molecule has 2 aromatic rings. The fourth-order valence-corrected chi connectivity index (χ4v) is 3.04. The van der Waals surface area contributed by atoms with Crippen molar-refractivity contribution in [1.29, 1.82) is 0 Å². The van der Waals surface area contributed by atoms with E-state index < -0.39 is 0 Å². The highest BCUT2D eigenvalue weighted by atomic mass is 16.5. The van der Waals surface area contributed by atoms with E-state index in [1.807, 2.05) is 0 Å². The Morgan fingerprint density at radius 3 is 2.80 bits per heavy atom. The van der Waals surface area contributed by atoms with Gasteiger partial charge in [-0.1, -0.05) is 36.4 Å². The van der Waals surface area contributed by atoms with Crippen LogP contribution in [-0.2, 0) is 4.74 Å². The Hall–Kier alpha value is -1.38. The van der Waals surface area contributed by atoms with Gasteiger partial charge in [-0.25, -0.2) is 0 Å². The molecule has 2 atom stereocenters. The Morgan fingerprint density at radius 1 is 1.15 bits per heavy atom. The summed E-state index contributed by atoms with van der Waals surface area (Å²) in [5.41, 5.74) is 7.58. The smallest absolute Gasteiger partial charge is 0.0576 e. The molecule has 2 nitrogen and oxygen atoms in total. The molecule has 3 rings (SSSR count). The van der Waals surface area contributed by atoms with Gasteiger partial charge in [0.15, 0.2) is 0 Å². The molecule has 0 amide bonds. The molecule has 20 heavy (non-hydrogen) atoms. The molecule has 1 saturated heterocycles. The van der Waals surface area contributed by atoms with Crippen LogP contribution >= 0.6 is 0 Å². The molecule has 0 radical (unpaired) electrons. The largest absolute Gasteiger partial charge is 0.378 e. The molecule has 0 aliphatic carbocycles. The second-order valence-electron chi connectivity index (χ2n) is 5.78. The highest BCUT2D eigenvalue weighted by Gasteiger charge is 2.15. The van der Waals surface area contributed by atoms with Gasteiger partial charge in [-0.2, -0.15) is 0 Å². The van der Waals surface area contributed by atoms with Gasteiger partial charge in [0.05, 0.1) is 6.10 Å². The molecule has 2 aromatic carbocycles. The summed E-state index contributed by atoms with van der Waals surface area (Å²) in [6.07, 6.45) is 6.28. The van der Waals surface area contributed by atoms with E-state index >= 15 is 0 Å². The Balaban J connectivity index is 1.58. The number of hydrogen-bond donors (Lipinski definition) is 1. The minimum Gasteiger partial charge on any atom is -0.378 e. The Morgan fingerprint density at radius 2 is 2.00 bits per heavy atom. The van der Waals surface area contributed by atoms with E-state index in [-0.39, 0.29) is 6.04 Å². The zero-order valence-electron chi connectivity index (χ0n) is 11.9. The summed E-state index contributed by atoms with van der Waals surface area (Å²) in [6, 6.07) is 15.1. The monoisotopic (exact) mass is 269 g/mol. The minimum absolute atomic E-state index is 0.140. The van der Waals surface area contributed by atoms with E-state index in [9.17, 15) is 0 Å². The Bertz CT molecular complexity index is 560. The molecular formula is C18H23NO. The van der Waals surface area contributed by atoms with Gasteiger partial charge < -0.3 is 10.5 Å². The molecule has 106 valence electrons. The van der Waals surface area contributed by atoms with E-state index in [0.717, 1.165) is 25.9 Å². The fraction of sp³-hybridized carbons (Fsp3) is 0.444. The van der Waals surface area contributed by atoms with Crippen molar-refractivity contribution in [1.82, 2.24) is 0 Å². The van der Waals surface area contributed by atoms with E-state index in [1.54, 1.807) is 0 Å². The molecule has 0 bridgehead atoms. The molecule has 1 heterocycles. The second kappa shape index (κ2) is 6.38. The Kier molecular flexibility index (Phi) is 4.34. The quantitative estimate of drug-likeness (QED) is 0.883. The van der Waals surface area contributed by atoms with E-state index in [0.29, 0.717) is 6.10 Å². The molecule has 2 unspecified atom stereocenters. The van der Waals surface area contributed by atoms with Crippen LogP contribution in [0.5, 0.6) is 0 Å². The normalized spacial score (nSPS) is 20.4. The average molecular weight is 269 g/mol. The molecule has 2 N–H and O–H groups in total. The van der Waals surface area contributed by atoms with Crippen LogP contribution in [0.15, 0.2) is 42.5 Å². The number of ether oxygens (including phenoxy) is 1. The van der Waals surface area contributed by atoms with Crippen molar-refractivity contribution in [3.05, 3.63) is 48.0 Å². The number of hydrogen-bond acceptors (Lipinski definition) is 2. The molecule has 0 spiro atoms. The summed E-state index contributed by atoms with van der Waals surface area (Å²) in [7, 11) is 0. The standard InChI is InChI=1S/C18H23NO/c19-18(9-3-7-17-8-4-12-20-17)16-11-10-14-5-1-2-6-15(14)13-16/h1-2,5-6,10-11,13,17-18H,3-4,7-9,12,19H2. The Labute approximate surface area is 120 Å². The van der Waals surface area contributed by atoms with E-state index in [4.69, 9.17) is 10.5 Å². The van der Waals surface area contributed by atoms with Crippen molar-refractivity contribution in [3.8, 4) is 0 Å². The molecule has 0 saturated carbocycles. The first-order valence-corrected chi connectivity index (χ1v) is 7.69. The summed E-state index contributed by atoms with van der Waals surface area (Å²) >= 11 is 0. The lowest BCUT2D eigenvalue weighted by Gasteiger charge is -2.14. The van der Waals surface area contributed by atoms with Crippen LogP contribution < -0.4 is 5.73 Å². The molecule has 2 heteroatoms. The number of benzene rings is 2. The summed E-state index contributed by atoms with van der Waals surface area (Å²) in [6.45, 7) is 0.946. The van der Waals surface area contributed by atoms with Crippen LogP contribution in [0.2, 0.25) is 0 Å². The maximum Gasteiger partial charge on any atom is 0.0576 e. The second-order valence-corrected chi connectivity index (χ2v) is 5.78. The van der Waals surface area contributed by atoms with Crippen LogP contribution in [0.3, 0.4) is 0 Å². The molecule has 1 fully saturated rings. The summed E-state index contributed by atoms with van der Waals surface area (Å²) < 4.78 is 5.66. The fourth-order valence-electron chi connectivity index (χ4n) is 3.04. The predicted molar refractivity (Wildman–Crippen MR) is 83.7 cm³/mol. The number of fused-ring (bicyclic) bond motifs is 1. The van der Waals surface area contributed by atoms with Gasteiger partial charge in [-0.15, -0.1) is 0 Å². The van der Waals surface area contributed by atoms with Crippen molar-refractivity contribution in [2.45, 2.75) is 44.2 Å². The van der Waals surface area contributed by atoms with Crippen molar-refractivity contribution in [2.75, 3.05) is 6.61 Å². The van der Waals surface area contributed by atoms with Crippen LogP contribution in [0.25, 0.3) is 10.8 Å². The van der Waals surface area contributed by atoms with Gasteiger partial charge >= 0.3 is 0 Å². The third-order valence-corrected chi connectivity index (χ3v) is 4.27. The highest BCUT2D eigenvalue weighted by Crippen LogP contribution is 2.24. The lowest BCUT2D eigenvalue weighted by molar-refractivity contribution is 0.101. The van der Waals surface area contributed by atoms with Gasteiger partial charge in [-0.05, 0) is 54.5 Å². The molecular weight excluding hydrogens is 246 g/mol. The van der Waals surface area contributed by atoms with Gasteiger partial charge in [0.2, 0.25) is 0 Å². The molecule has 1 aliphatic rings. The topological polar surface area (TPSA) is 35.2 Å². The van der Waals surface area contributed by atoms with Crippen LogP contribution in [0, 0.1) is 0 Å². The first-order valence-electron chi connectivity index (χ1n) is 7.69. The molecule has 1 aliphatic heterocycles. The third-order valence-electron chi connectivity index (χ3n) is 4.27. The van der Waals surface area contributed by atoms with E-state index in [1.165, 1.54) is 29.2 Å². The van der Waals surface area contributed by atoms with Crippen LogP contribution in [0.1, 0.15) is 43.7 Å². The number of nitrogens with two attached hydrogens (primary N) is 1. The average Bonchev–Trinajstić information content (AvgIpc) is 3.00. The van der Waals surface area contributed by atoms with Crippen molar-refractivity contribution in [2.24, 2.45) is 5.73 Å². The maximum absolute atomic E-state index is 6.33. The van der Waals surface area contributed by atoms with Gasteiger partial charge in [0.1, 0.15) is 0 Å². The summed E-state index contributed by atoms with van der Waals surface area (Å²) in [5.74, 6) is 0. The van der Waals surface area contributed by atoms with Gasteiger partial charge in [0.25, 0.3) is 0 Å². The first-order chi connectivity index (χ1) is 9.83.